The Labute approximate surface area is 126 Å². The van der Waals surface area contributed by atoms with E-state index in [2.05, 4.69) is 5.32 Å². The quantitative estimate of drug-likeness (QED) is 0.939. The minimum atomic E-state index is -0.259. The van der Waals surface area contributed by atoms with E-state index in [1.54, 1.807) is 18.2 Å². The molecule has 1 aliphatic heterocycles. The lowest BCUT2D eigenvalue weighted by atomic mass is 10.2. The fraction of sp³-hybridized carbons (Fsp3) is 0.312. The summed E-state index contributed by atoms with van der Waals surface area (Å²) in [4.78, 5) is 13.7. The molecule has 0 aliphatic carbocycles. The fourth-order valence-corrected chi connectivity index (χ4v) is 3.26. The molecule has 5 heteroatoms. The summed E-state index contributed by atoms with van der Waals surface area (Å²) in [6.07, 6.45) is 2.21. The lowest BCUT2D eigenvalue weighted by Gasteiger charge is -2.09. The molecule has 21 heavy (non-hydrogen) atoms. The summed E-state index contributed by atoms with van der Waals surface area (Å²) in [5, 5.41) is 2.90. The number of carbonyl (C=O) groups is 1. The molecule has 1 aromatic heterocycles. The Morgan fingerprint density at radius 2 is 2.10 bits per heavy atom. The van der Waals surface area contributed by atoms with Crippen molar-refractivity contribution >= 4 is 17.2 Å². The lowest BCUT2D eigenvalue weighted by molar-refractivity contribution is 0.0861. The van der Waals surface area contributed by atoms with Crippen LogP contribution in [0.25, 0.3) is 10.4 Å². The number of nitrogens with one attached hydrogen (secondary N) is 1. The minimum absolute atomic E-state index is 0.0798. The van der Waals surface area contributed by atoms with Gasteiger partial charge >= 0.3 is 0 Å². The van der Waals surface area contributed by atoms with Gasteiger partial charge in [0.15, 0.2) is 0 Å². The number of halogens is 1. The number of thiophene rings is 1. The number of carbonyl (C=O) groups excluding carboxylic acids is 1. The van der Waals surface area contributed by atoms with Gasteiger partial charge in [0, 0.05) is 18.0 Å². The molecule has 0 unspecified atom stereocenters. The van der Waals surface area contributed by atoms with Crippen molar-refractivity contribution in [1.82, 2.24) is 5.32 Å². The molecule has 1 atom stereocenters. The Bertz CT molecular complexity index is 617. The topological polar surface area (TPSA) is 38.3 Å². The van der Waals surface area contributed by atoms with E-state index < -0.39 is 0 Å². The second kappa shape index (κ2) is 6.37. The first-order chi connectivity index (χ1) is 10.2. The number of rotatable bonds is 4. The molecule has 1 saturated heterocycles. The van der Waals surface area contributed by atoms with Crippen LogP contribution in [0.1, 0.15) is 22.5 Å². The third kappa shape index (κ3) is 3.49. The largest absolute Gasteiger partial charge is 0.376 e. The third-order valence-corrected chi connectivity index (χ3v) is 4.61. The molecule has 1 fully saturated rings. The first kappa shape index (κ1) is 14.2. The number of amides is 1. The van der Waals surface area contributed by atoms with Gasteiger partial charge in [0.25, 0.3) is 5.91 Å². The highest BCUT2D eigenvalue weighted by Crippen LogP contribution is 2.28. The van der Waals surface area contributed by atoms with Gasteiger partial charge in [0.1, 0.15) is 5.82 Å². The molecule has 2 aromatic rings. The molecule has 1 aromatic carbocycles. The van der Waals surface area contributed by atoms with Crippen LogP contribution in [0.4, 0.5) is 4.39 Å². The van der Waals surface area contributed by atoms with Gasteiger partial charge < -0.3 is 10.1 Å². The zero-order valence-electron chi connectivity index (χ0n) is 11.5. The highest BCUT2D eigenvalue weighted by Gasteiger charge is 2.17. The average molecular weight is 305 g/mol. The summed E-state index contributed by atoms with van der Waals surface area (Å²) in [5.41, 5.74) is 0.916. The smallest absolute Gasteiger partial charge is 0.261 e. The average Bonchev–Trinajstić information content (AvgIpc) is 3.17. The maximum absolute atomic E-state index is 12.9. The Morgan fingerprint density at radius 3 is 2.81 bits per heavy atom. The molecule has 3 rings (SSSR count). The van der Waals surface area contributed by atoms with E-state index in [4.69, 9.17) is 4.74 Å². The van der Waals surface area contributed by atoms with E-state index in [9.17, 15) is 9.18 Å². The summed E-state index contributed by atoms with van der Waals surface area (Å²) in [5.74, 6) is -0.339. The van der Waals surface area contributed by atoms with Gasteiger partial charge in [-0.05, 0) is 42.7 Å². The van der Waals surface area contributed by atoms with Gasteiger partial charge in [-0.3, -0.25) is 4.79 Å². The Hall–Kier alpha value is -1.72. The normalized spacial score (nSPS) is 17.9. The molecule has 0 saturated carbocycles. The molecule has 1 amide bonds. The summed E-state index contributed by atoms with van der Waals surface area (Å²) in [7, 11) is 0. The van der Waals surface area contributed by atoms with Crippen molar-refractivity contribution in [3.8, 4) is 10.4 Å². The molecule has 1 N–H and O–H groups in total. The van der Waals surface area contributed by atoms with Crippen LogP contribution in [0.15, 0.2) is 36.4 Å². The highest BCUT2D eigenvalue weighted by molar-refractivity contribution is 7.17. The summed E-state index contributed by atoms with van der Waals surface area (Å²) in [6, 6.07) is 9.97. The number of hydrogen-bond acceptors (Lipinski definition) is 3. The highest BCUT2D eigenvalue weighted by atomic mass is 32.1. The van der Waals surface area contributed by atoms with E-state index in [0.717, 1.165) is 29.9 Å². The first-order valence-electron chi connectivity index (χ1n) is 6.98. The first-order valence-corrected chi connectivity index (χ1v) is 7.79. The van der Waals surface area contributed by atoms with Crippen LogP contribution in [0.2, 0.25) is 0 Å². The molecule has 0 bridgehead atoms. The van der Waals surface area contributed by atoms with Gasteiger partial charge in [0.2, 0.25) is 0 Å². The van der Waals surface area contributed by atoms with Crippen molar-refractivity contribution in [2.45, 2.75) is 18.9 Å². The van der Waals surface area contributed by atoms with Crippen molar-refractivity contribution in [3.05, 3.63) is 47.1 Å². The van der Waals surface area contributed by atoms with Crippen LogP contribution < -0.4 is 5.32 Å². The van der Waals surface area contributed by atoms with E-state index in [0.29, 0.717) is 11.4 Å². The zero-order chi connectivity index (χ0) is 14.7. The predicted octanol–water partition coefficient (Wildman–Crippen LogP) is 3.46. The lowest BCUT2D eigenvalue weighted by Crippen LogP contribution is -2.31. The second-order valence-electron chi connectivity index (χ2n) is 5.02. The van der Waals surface area contributed by atoms with E-state index in [1.807, 2.05) is 6.07 Å². The minimum Gasteiger partial charge on any atom is -0.376 e. The van der Waals surface area contributed by atoms with Crippen molar-refractivity contribution in [2.75, 3.05) is 13.2 Å². The SMILES string of the molecule is O=C(NC[C@H]1CCCO1)c1ccc(-c2ccc(F)cc2)s1. The van der Waals surface area contributed by atoms with E-state index in [-0.39, 0.29) is 17.8 Å². The van der Waals surface area contributed by atoms with Gasteiger partial charge in [-0.1, -0.05) is 12.1 Å². The molecule has 110 valence electrons. The van der Waals surface area contributed by atoms with Gasteiger partial charge in [-0.15, -0.1) is 11.3 Å². The number of benzene rings is 1. The summed E-state index contributed by atoms with van der Waals surface area (Å²) in [6.45, 7) is 1.34. The van der Waals surface area contributed by atoms with Crippen LogP contribution in [-0.4, -0.2) is 25.2 Å². The fourth-order valence-electron chi connectivity index (χ4n) is 2.33. The standard InChI is InChI=1S/C16H16FNO2S/c17-12-5-3-11(4-6-12)14-7-8-15(21-14)16(19)18-10-13-2-1-9-20-13/h3-8,13H,1-2,9-10H2,(H,18,19)/t13-/m1/s1. The molecule has 1 aliphatic rings. The number of ether oxygens (including phenoxy) is 1. The van der Waals surface area contributed by atoms with Gasteiger partial charge in [0.05, 0.1) is 11.0 Å². The van der Waals surface area contributed by atoms with E-state index in [1.165, 1.54) is 23.5 Å². The summed E-state index contributed by atoms with van der Waals surface area (Å²) < 4.78 is 18.4. The van der Waals surface area contributed by atoms with E-state index >= 15 is 0 Å². The Morgan fingerprint density at radius 1 is 1.29 bits per heavy atom. The van der Waals surface area contributed by atoms with Crippen molar-refractivity contribution in [3.63, 3.8) is 0 Å². The van der Waals surface area contributed by atoms with Crippen LogP contribution in [-0.2, 0) is 4.74 Å². The Kier molecular flexibility index (Phi) is 4.31. The van der Waals surface area contributed by atoms with Crippen LogP contribution in [0, 0.1) is 5.82 Å². The molecular weight excluding hydrogens is 289 g/mol. The third-order valence-electron chi connectivity index (χ3n) is 3.47. The Balaban J connectivity index is 1.63. The monoisotopic (exact) mass is 305 g/mol. The van der Waals surface area contributed by atoms with Crippen molar-refractivity contribution in [2.24, 2.45) is 0 Å². The molecule has 2 heterocycles. The van der Waals surface area contributed by atoms with Crippen LogP contribution in [0.3, 0.4) is 0 Å². The molecule has 0 radical (unpaired) electrons. The number of hydrogen-bond donors (Lipinski definition) is 1. The van der Waals surface area contributed by atoms with Crippen LogP contribution >= 0.6 is 11.3 Å². The predicted molar refractivity (Wildman–Crippen MR) is 81.0 cm³/mol. The zero-order valence-corrected chi connectivity index (χ0v) is 12.3. The van der Waals surface area contributed by atoms with Crippen molar-refractivity contribution in [1.29, 1.82) is 0 Å². The maximum Gasteiger partial charge on any atom is 0.261 e. The molecule has 3 nitrogen and oxygen atoms in total. The van der Waals surface area contributed by atoms with Crippen LogP contribution in [0.5, 0.6) is 0 Å². The maximum atomic E-state index is 12.9. The van der Waals surface area contributed by atoms with Gasteiger partial charge in [-0.2, -0.15) is 0 Å². The summed E-state index contributed by atoms with van der Waals surface area (Å²) >= 11 is 1.41. The molecule has 0 spiro atoms. The van der Waals surface area contributed by atoms with Crippen molar-refractivity contribution < 1.29 is 13.9 Å². The molecular formula is C16H16FNO2S. The second-order valence-corrected chi connectivity index (χ2v) is 6.10. The van der Waals surface area contributed by atoms with Gasteiger partial charge in [-0.25, -0.2) is 4.39 Å².